The average molecular weight is 518 g/mol. The number of nitrogens with one attached hydrogen (secondary N) is 1. The molecule has 2 aromatic carbocycles. The fourth-order valence-corrected chi connectivity index (χ4v) is 5.81. The molecular weight excluding hydrogens is 482 g/mol. The summed E-state index contributed by atoms with van der Waals surface area (Å²) >= 11 is 6.15. The number of piperidine rings is 1. The van der Waals surface area contributed by atoms with E-state index in [4.69, 9.17) is 26.8 Å². The topological polar surface area (TPSA) is 117 Å². The second kappa shape index (κ2) is 11.3. The zero-order valence-electron chi connectivity index (χ0n) is 20.9. The van der Waals surface area contributed by atoms with Gasteiger partial charge < -0.3 is 35.6 Å². The van der Waals surface area contributed by atoms with E-state index in [1.807, 2.05) is 6.07 Å². The van der Waals surface area contributed by atoms with Crippen LogP contribution in [0.4, 0.5) is 5.69 Å². The molecule has 1 saturated heterocycles. The molecule has 8 nitrogen and oxygen atoms in total. The quantitative estimate of drug-likeness (QED) is 0.415. The van der Waals surface area contributed by atoms with Gasteiger partial charge in [0.1, 0.15) is 11.5 Å². The number of hydrogen-bond acceptors (Lipinski definition) is 7. The summed E-state index contributed by atoms with van der Waals surface area (Å²) in [5.41, 5.74) is 6.32. The third kappa shape index (κ3) is 5.57. The number of nitrogens with zero attached hydrogens (tertiary/aromatic N) is 1. The van der Waals surface area contributed by atoms with Gasteiger partial charge in [-0.15, -0.1) is 0 Å². The summed E-state index contributed by atoms with van der Waals surface area (Å²) in [6, 6.07) is 9.87. The van der Waals surface area contributed by atoms with Gasteiger partial charge in [-0.3, -0.25) is 4.79 Å². The lowest BCUT2D eigenvalue weighted by atomic mass is 9.71. The van der Waals surface area contributed by atoms with Crippen LogP contribution in [-0.4, -0.2) is 67.0 Å². The Balaban J connectivity index is 1.43. The molecule has 5 N–H and O–H groups in total. The Bertz CT molecular complexity index is 1080. The smallest absolute Gasteiger partial charge is 0.255 e. The number of phenolic OH excluding ortho intramolecular Hbond substituents is 1. The van der Waals surface area contributed by atoms with Gasteiger partial charge in [0.05, 0.1) is 41.1 Å². The van der Waals surface area contributed by atoms with Gasteiger partial charge in [-0.2, -0.15) is 0 Å². The molecule has 1 amide bonds. The fraction of sp³-hybridized carbons (Fsp3) is 0.519. The predicted molar refractivity (Wildman–Crippen MR) is 139 cm³/mol. The van der Waals surface area contributed by atoms with Crippen molar-refractivity contribution in [2.75, 3.05) is 39.6 Å². The van der Waals surface area contributed by atoms with E-state index in [0.717, 1.165) is 31.4 Å². The number of nitrogens with two attached hydrogens (primary N) is 1. The first-order valence-electron chi connectivity index (χ1n) is 12.5. The van der Waals surface area contributed by atoms with Crippen LogP contribution in [-0.2, 0) is 10.3 Å². The fourth-order valence-electron chi connectivity index (χ4n) is 5.65. The van der Waals surface area contributed by atoms with Gasteiger partial charge in [-0.1, -0.05) is 36.6 Å². The van der Waals surface area contributed by atoms with E-state index in [9.17, 15) is 15.0 Å². The highest BCUT2D eigenvalue weighted by Crippen LogP contribution is 2.43. The van der Waals surface area contributed by atoms with E-state index in [2.05, 4.69) is 10.2 Å². The number of hydrogen-bond donors (Lipinski definition) is 4. The van der Waals surface area contributed by atoms with Crippen LogP contribution in [0.15, 0.2) is 36.4 Å². The first-order chi connectivity index (χ1) is 17.2. The highest BCUT2D eigenvalue weighted by molar-refractivity contribution is 6.33. The van der Waals surface area contributed by atoms with Crippen LogP contribution in [0.2, 0.25) is 5.02 Å². The molecule has 9 heteroatoms. The first-order valence-corrected chi connectivity index (χ1v) is 12.8. The van der Waals surface area contributed by atoms with Crippen molar-refractivity contribution in [1.29, 1.82) is 0 Å². The number of ether oxygens (including phenoxy) is 2. The van der Waals surface area contributed by atoms with Crippen molar-refractivity contribution in [3.8, 4) is 11.5 Å². The molecule has 0 unspecified atom stereocenters. The van der Waals surface area contributed by atoms with E-state index in [1.165, 1.54) is 13.2 Å². The summed E-state index contributed by atoms with van der Waals surface area (Å²) in [5.74, 6) is 0.280. The van der Waals surface area contributed by atoms with Crippen LogP contribution >= 0.6 is 11.6 Å². The molecule has 4 rings (SSSR count). The Morgan fingerprint density at radius 3 is 2.78 bits per heavy atom. The van der Waals surface area contributed by atoms with Crippen molar-refractivity contribution >= 4 is 23.2 Å². The number of benzene rings is 2. The maximum atomic E-state index is 13.1. The standard InChI is InChI=1S/C27H36ClN3O5/c1-35-24-14-22(29)21(28)13-20(24)26(33)30-23-9-11-31(16-25(23)36-2)15-18-6-3-4-10-27(18,34)17-7-5-8-19(32)12-17/h5,7-8,12-14,18,23,25,32,34H,3-4,6,9-11,15-16,29H2,1-2H3,(H,30,33)/t18-,23-,25+,27+/m1/s1. The van der Waals surface area contributed by atoms with Crippen LogP contribution in [0, 0.1) is 5.92 Å². The van der Waals surface area contributed by atoms with Gasteiger partial charge in [0, 0.05) is 38.7 Å². The Kier molecular flexibility index (Phi) is 8.30. The summed E-state index contributed by atoms with van der Waals surface area (Å²) in [6.45, 7) is 2.11. The number of phenols is 1. The molecular formula is C27H36ClN3O5. The van der Waals surface area contributed by atoms with Gasteiger partial charge >= 0.3 is 0 Å². The molecule has 2 fully saturated rings. The maximum absolute atomic E-state index is 13.1. The second-order valence-corrected chi connectivity index (χ2v) is 10.3. The number of amides is 1. The number of likely N-dealkylation sites (tertiary alicyclic amines) is 1. The van der Waals surface area contributed by atoms with Gasteiger partial charge in [-0.05, 0) is 43.0 Å². The number of carbonyl (C=O) groups is 1. The number of halogens is 1. The van der Waals surface area contributed by atoms with Crippen molar-refractivity contribution in [2.45, 2.75) is 49.9 Å². The van der Waals surface area contributed by atoms with Crippen LogP contribution in [0.1, 0.15) is 48.0 Å². The molecule has 1 aliphatic heterocycles. The number of carbonyl (C=O) groups excluding carboxylic acids is 1. The van der Waals surface area contributed by atoms with Crippen LogP contribution in [0.5, 0.6) is 11.5 Å². The van der Waals surface area contributed by atoms with E-state index in [0.29, 0.717) is 48.0 Å². The van der Waals surface area contributed by atoms with Gasteiger partial charge in [0.15, 0.2) is 0 Å². The average Bonchev–Trinajstić information content (AvgIpc) is 2.87. The molecule has 36 heavy (non-hydrogen) atoms. The molecule has 1 saturated carbocycles. The number of aromatic hydroxyl groups is 1. The Morgan fingerprint density at radius 2 is 2.06 bits per heavy atom. The lowest BCUT2D eigenvalue weighted by molar-refractivity contribution is -0.0760. The van der Waals surface area contributed by atoms with Crippen molar-refractivity contribution in [1.82, 2.24) is 10.2 Å². The van der Waals surface area contributed by atoms with Crippen LogP contribution in [0.25, 0.3) is 0 Å². The molecule has 0 radical (unpaired) electrons. The number of aliphatic hydroxyl groups is 1. The number of rotatable bonds is 7. The minimum absolute atomic E-state index is 0.0397. The summed E-state index contributed by atoms with van der Waals surface area (Å²) < 4.78 is 11.1. The minimum atomic E-state index is -0.977. The van der Waals surface area contributed by atoms with Crippen molar-refractivity contribution in [3.63, 3.8) is 0 Å². The summed E-state index contributed by atoms with van der Waals surface area (Å²) in [7, 11) is 3.14. The zero-order chi connectivity index (χ0) is 25.9. The monoisotopic (exact) mass is 517 g/mol. The maximum Gasteiger partial charge on any atom is 0.255 e. The summed E-state index contributed by atoms with van der Waals surface area (Å²) in [4.78, 5) is 15.4. The van der Waals surface area contributed by atoms with Crippen molar-refractivity contribution < 1.29 is 24.5 Å². The highest BCUT2D eigenvalue weighted by atomic mass is 35.5. The number of nitrogen functional groups attached to an aromatic ring is 1. The Hall–Kier alpha value is -2.52. The molecule has 2 aromatic rings. The normalized spacial score (nSPS) is 26.9. The molecule has 0 spiro atoms. The summed E-state index contributed by atoms with van der Waals surface area (Å²) in [5, 5.41) is 25.1. The van der Waals surface area contributed by atoms with Gasteiger partial charge in [0.2, 0.25) is 0 Å². The van der Waals surface area contributed by atoms with E-state index >= 15 is 0 Å². The van der Waals surface area contributed by atoms with E-state index < -0.39 is 5.60 Å². The molecule has 0 aromatic heterocycles. The molecule has 4 atom stereocenters. The molecule has 2 aliphatic rings. The Labute approximate surface area is 217 Å². The Morgan fingerprint density at radius 1 is 1.25 bits per heavy atom. The zero-order valence-corrected chi connectivity index (χ0v) is 21.6. The third-order valence-electron chi connectivity index (χ3n) is 7.69. The highest BCUT2D eigenvalue weighted by Gasteiger charge is 2.42. The SMILES string of the molecule is COc1cc(N)c(Cl)cc1C(=O)N[C@@H]1CCN(C[C@H]2CCCC[C@]2(O)c2cccc(O)c2)C[C@@H]1OC. The largest absolute Gasteiger partial charge is 0.508 e. The second-order valence-electron chi connectivity index (χ2n) is 9.89. The molecule has 1 aliphatic carbocycles. The number of methoxy groups -OCH3 is 2. The van der Waals surface area contributed by atoms with Crippen molar-refractivity contribution in [2.24, 2.45) is 5.92 Å². The summed E-state index contributed by atoms with van der Waals surface area (Å²) in [6.07, 6.45) is 4.10. The predicted octanol–water partition coefficient (Wildman–Crippen LogP) is 3.53. The third-order valence-corrected chi connectivity index (χ3v) is 8.01. The van der Waals surface area contributed by atoms with E-state index in [1.54, 1.807) is 31.4 Å². The van der Waals surface area contributed by atoms with Gasteiger partial charge in [0.25, 0.3) is 5.91 Å². The lowest BCUT2D eigenvalue weighted by Gasteiger charge is -2.45. The van der Waals surface area contributed by atoms with Crippen LogP contribution < -0.4 is 15.8 Å². The minimum Gasteiger partial charge on any atom is -0.508 e. The molecule has 196 valence electrons. The lowest BCUT2D eigenvalue weighted by Crippen LogP contribution is -2.56. The van der Waals surface area contributed by atoms with Gasteiger partial charge in [-0.25, -0.2) is 0 Å². The first kappa shape index (κ1) is 26.5. The van der Waals surface area contributed by atoms with Crippen LogP contribution in [0.3, 0.4) is 0 Å². The van der Waals surface area contributed by atoms with E-state index in [-0.39, 0.29) is 29.7 Å². The molecule has 0 bridgehead atoms. The van der Waals surface area contributed by atoms with Crippen molar-refractivity contribution in [3.05, 3.63) is 52.5 Å². The molecule has 1 heterocycles. The number of anilines is 1.